The molecule has 2 heterocycles. The van der Waals surface area contributed by atoms with E-state index in [1.807, 2.05) is 18.6 Å². The van der Waals surface area contributed by atoms with Crippen LogP contribution in [-0.2, 0) is 16.6 Å². The van der Waals surface area contributed by atoms with Crippen molar-refractivity contribution in [2.75, 3.05) is 19.6 Å². The van der Waals surface area contributed by atoms with E-state index in [1.54, 1.807) is 30.5 Å². The Morgan fingerprint density at radius 3 is 2.79 bits per heavy atom. The lowest BCUT2D eigenvalue weighted by molar-refractivity contribution is 0.197. The Morgan fingerprint density at radius 2 is 2.04 bits per heavy atom. The molecule has 7 heteroatoms. The highest BCUT2D eigenvalue weighted by Gasteiger charge is 2.24. The molecule has 1 aliphatic rings. The Balaban J connectivity index is 1.50. The standard InChI is InChI=1S/C17H24N4O2S/c22-24(23,17-7-2-1-3-8-17)19-16-6-4-10-20(14-16)11-5-12-21-13-9-18-15-21/h1-3,7-9,13,15-16,19H,4-6,10-12,14H2/t16-/m0/s1. The Bertz CT molecular complexity index is 716. The van der Waals surface area contributed by atoms with Gasteiger partial charge in [-0.05, 0) is 44.5 Å². The highest BCUT2D eigenvalue weighted by molar-refractivity contribution is 7.89. The summed E-state index contributed by atoms with van der Waals surface area (Å²) in [6.45, 7) is 3.72. The summed E-state index contributed by atoms with van der Waals surface area (Å²) < 4.78 is 29.8. The van der Waals surface area contributed by atoms with Crippen LogP contribution < -0.4 is 4.72 Å². The van der Waals surface area contributed by atoms with E-state index >= 15 is 0 Å². The summed E-state index contributed by atoms with van der Waals surface area (Å²) in [4.78, 5) is 6.72. The summed E-state index contributed by atoms with van der Waals surface area (Å²) in [5, 5.41) is 0. The van der Waals surface area contributed by atoms with Crippen LogP contribution in [0.3, 0.4) is 0 Å². The smallest absolute Gasteiger partial charge is 0.240 e. The number of hydrogen-bond acceptors (Lipinski definition) is 4. The van der Waals surface area contributed by atoms with Gasteiger partial charge in [0.2, 0.25) is 10.0 Å². The molecule has 24 heavy (non-hydrogen) atoms. The molecule has 0 bridgehead atoms. The highest BCUT2D eigenvalue weighted by Crippen LogP contribution is 2.15. The third kappa shape index (κ3) is 4.66. The molecule has 1 atom stereocenters. The van der Waals surface area contributed by atoms with Crippen molar-refractivity contribution in [2.45, 2.75) is 36.7 Å². The number of benzene rings is 1. The van der Waals surface area contributed by atoms with Gasteiger partial charge in [-0.2, -0.15) is 0 Å². The van der Waals surface area contributed by atoms with Gasteiger partial charge in [0, 0.05) is 31.5 Å². The average Bonchev–Trinajstić information content (AvgIpc) is 3.09. The van der Waals surface area contributed by atoms with Crippen molar-refractivity contribution in [3.05, 3.63) is 49.1 Å². The maximum absolute atomic E-state index is 12.4. The minimum Gasteiger partial charge on any atom is -0.337 e. The Kier molecular flexibility index (Phi) is 5.65. The zero-order chi connectivity index (χ0) is 16.8. The molecule has 3 rings (SSSR count). The van der Waals surface area contributed by atoms with Gasteiger partial charge >= 0.3 is 0 Å². The average molecular weight is 348 g/mol. The normalized spacial score (nSPS) is 19.4. The lowest BCUT2D eigenvalue weighted by atomic mass is 10.1. The second-order valence-corrected chi connectivity index (χ2v) is 7.94. The van der Waals surface area contributed by atoms with Gasteiger partial charge in [-0.15, -0.1) is 0 Å². The molecule has 6 nitrogen and oxygen atoms in total. The van der Waals surface area contributed by atoms with Crippen LogP contribution in [0, 0.1) is 0 Å². The number of hydrogen-bond donors (Lipinski definition) is 1. The third-order valence-electron chi connectivity index (χ3n) is 4.33. The van der Waals surface area contributed by atoms with Crippen LogP contribution >= 0.6 is 0 Å². The minimum atomic E-state index is -3.43. The number of rotatable bonds is 7. The van der Waals surface area contributed by atoms with Crippen LogP contribution in [-0.4, -0.2) is 48.5 Å². The van der Waals surface area contributed by atoms with E-state index in [-0.39, 0.29) is 6.04 Å². The monoisotopic (exact) mass is 348 g/mol. The predicted octanol–water partition coefficient (Wildman–Crippen LogP) is 1.72. The van der Waals surface area contributed by atoms with Crippen LogP contribution in [0.5, 0.6) is 0 Å². The van der Waals surface area contributed by atoms with E-state index in [9.17, 15) is 8.42 Å². The largest absolute Gasteiger partial charge is 0.337 e. The summed E-state index contributed by atoms with van der Waals surface area (Å²) in [6, 6.07) is 8.57. The Hall–Kier alpha value is -1.70. The van der Waals surface area contributed by atoms with E-state index in [0.29, 0.717) is 4.90 Å². The predicted molar refractivity (Wildman–Crippen MR) is 93.1 cm³/mol. The van der Waals surface area contributed by atoms with Crippen LogP contribution in [0.4, 0.5) is 0 Å². The van der Waals surface area contributed by atoms with E-state index < -0.39 is 10.0 Å². The fourth-order valence-corrected chi connectivity index (χ4v) is 4.42. The summed E-state index contributed by atoms with van der Waals surface area (Å²) in [6.07, 6.45) is 8.53. The number of aromatic nitrogens is 2. The van der Waals surface area contributed by atoms with Crippen molar-refractivity contribution >= 4 is 10.0 Å². The molecule has 1 aromatic heterocycles. The third-order valence-corrected chi connectivity index (χ3v) is 5.87. The van der Waals surface area contributed by atoms with E-state index in [2.05, 4.69) is 19.2 Å². The van der Waals surface area contributed by atoms with Crippen LogP contribution in [0.15, 0.2) is 53.9 Å². The molecule has 1 aromatic carbocycles. The molecule has 1 N–H and O–H groups in total. The first-order chi connectivity index (χ1) is 11.6. The molecule has 0 unspecified atom stereocenters. The van der Waals surface area contributed by atoms with E-state index in [1.165, 1.54) is 0 Å². The second-order valence-electron chi connectivity index (χ2n) is 6.23. The lowest BCUT2D eigenvalue weighted by Gasteiger charge is -2.33. The first kappa shape index (κ1) is 17.1. The SMILES string of the molecule is O=S(=O)(N[C@H]1CCCN(CCCn2ccnc2)C1)c1ccccc1. The Morgan fingerprint density at radius 1 is 1.21 bits per heavy atom. The van der Waals surface area contributed by atoms with Gasteiger partial charge in [-0.1, -0.05) is 18.2 Å². The van der Waals surface area contributed by atoms with E-state index in [4.69, 9.17) is 0 Å². The van der Waals surface area contributed by atoms with Gasteiger partial charge in [0.15, 0.2) is 0 Å². The summed E-state index contributed by atoms with van der Waals surface area (Å²) in [5.74, 6) is 0. The lowest BCUT2D eigenvalue weighted by Crippen LogP contribution is -2.47. The number of sulfonamides is 1. The van der Waals surface area contributed by atoms with Crippen LogP contribution in [0.25, 0.3) is 0 Å². The van der Waals surface area contributed by atoms with Crippen molar-refractivity contribution in [1.82, 2.24) is 19.2 Å². The molecule has 0 aliphatic carbocycles. The molecule has 1 aliphatic heterocycles. The van der Waals surface area contributed by atoms with Gasteiger partial charge < -0.3 is 9.47 Å². The zero-order valence-electron chi connectivity index (χ0n) is 13.7. The van der Waals surface area contributed by atoms with Crippen molar-refractivity contribution < 1.29 is 8.42 Å². The number of nitrogens with zero attached hydrogens (tertiary/aromatic N) is 3. The maximum Gasteiger partial charge on any atom is 0.240 e. The fraction of sp³-hybridized carbons (Fsp3) is 0.471. The number of nitrogens with one attached hydrogen (secondary N) is 1. The van der Waals surface area contributed by atoms with Gasteiger partial charge in [0.25, 0.3) is 0 Å². The first-order valence-corrected chi connectivity index (χ1v) is 9.87. The number of likely N-dealkylation sites (tertiary alicyclic amines) is 1. The fourth-order valence-electron chi connectivity index (χ4n) is 3.14. The number of imidazole rings is 1. The number of piperidine rings is 1. The molecule has 0 saturated carbocycles. The molecule has 130 valence electrons. The maximum atomic E-state index is 12.4. The van der Waals surface area contributed by atoms with Crippen LogP contribution in [0.2, 0.25) is 0 Å². The highest BCUT2D eigenvalue weighted by atomic mass is 32.2. The molecule has 0 radical (unpaired) electrons. The van der Waals surface area contributed by atoms with Gasteiger partial charge in [0.05, 0.1) is 11.2 Å². The van der Waals surface area contributed by atoms with Gasteiger partial charge in [0.1, 0.15) is 0 Å². The topological polar surface area (TPSA) is 67.2 Å². The first-order valence-electron chi connectivity index (χ1n) is 8.39. The minimum absolute atomic E-state index is 0.0165. The summed E-state index contributed by atoms with van der Waals surface area (Å²) in [5.41, 5.74) is 0. The van der Waals surface area contributed by atoms with Crippen molar-refractivity contribution in [2.24, 2.45) is 0 Å². The summed E-state index contributed by atoms with van der Waals surface area (Å²) >= 11 is 0. The van der Waals surface area contributed by atoms with Crippen molar-refractivity contribution in [3.63, 3.8) is 0 Å². The molecule has 1 saturated heterocycles. The Labute approximate surface area is 143 Å². The number of aryl methyl sites for hydroxylation is 1. The van der Waals surface area contributed by atoms with Gasteiger partial charge in [-0.3, -0.25) is 0 Å². The molecule has 1 fully saturated rings. The molecule has 0 spiro atoms. The molecular weight excluding hydrogens is 324 g/mol. The summed E-state index contributed by atoms with van der Waals surface area (Å²) in [7, 11) is -3.43. The van der Waals surface area contributed by atoms with Crippen LogP contribution in [0.1, 0.15) is 19.3 Å². The van der Waals surface area contributed by atoms with E-state index in [0.717, 1.165) is 45.4 Å². The molecule has 2 aromatic rings. The quantitative estimate of drug-likeness (QED) is 0.827. The molecular formula is C17H24N4O2S. The van der Waals surface area contributed by atoms with Gasteiger partial charge in [-0.25, -0.2) is 18.1 Å². The van der Waals surface area contributed by atoms with Crippen molar-refractivity contribution in [1.29, 1.82) is 0 Å². The zero-order valence-corrected chi connectivity index (χ0v) is 14.5. The molecule has 0 amide bonds. The second kappa shape index (κ2) is 7.92. The van der Waals surface area contributed by atoms with Crippen molar-refractivity contribution in [3.8, 4) is 0 Å².